The molecule has 2 fully saturated rings. The third kappa shape index (κ3) is 3.95. The van der Waals surface area contributed by atoms with Gasteiger partial charge >= 0.3 is 0 Å². The van der Waals surface area contributed by atoms with E-state index in [1.807, 2.05) is 29.9 Å². The van der Waals surface area contributed by atoms with Crippen LogP contribution < -0.4 is 4.90 Å². The van der Waals surface area contributed by atoms with Crippen molar-refractivity contribution in [3.05, 3.63) is 77.4 Å². The van der Waals surface area contributed by atoms with E-state index < -0.39 is 0 Å². The van der Waals surface area contributed by atoms with Crippen LogP contribution in [0.4, 0.5) is 15.8 Å². The zero-order chi connectivity index (χ0) is 27.6. The van der Waals surface area contributed by atoms with E-state index in [-0.39, 0.29) is 17.1 Å². The van der Waals surface area contributed by atoms with Gasteiger partial charge < -0.3 is 4.57 Å². The smallest absolute Gasteiger partial charge is 0.236 e. The van der Waals surface area contributed by atoms with Crippen LogP contribution in [0.25, 0.3) is 10.8 Å². The molecule has 1 aliphatic carbocycles. The molecule has 1 saturated carbocycles. The molecule has 0 radical (unpaired) electrons. The molecule has 206 valence electrons. The Labute approximate surface area is 234 Å². The van der Waals surface area contributed by atoms with Gasteiger partial charge in [0, 0.05) is 37.1 Å². The molecule has 0 unspecified atom stereocenters. The maximum atomic E-state index is 15.3. The number of carbonyl (C=O) groups is 1. The number of aryl methyl sites for hydroxylation is 1. The van der Waals surface area contributed by atoms with Gasteiger partial charge in [0.15, 0.2) is 0 Å². The lowest BCUT2D eigenvalue weighted by molar-refractivity contribution is -0.116. The van der Waals surface area contributed by atoms with Crippen LogP contribution in [0.15, 0.2) is 49.1 Å². The molecular weight excluding hydrogens is 503 g/mol. The van der Waals surface area contributed by atoms with Crippen LogP contribution in [0.3, 0.4) is 0 Å². The van der Waals surface area contributed by atoms with E-state index in [9.17, 15) is 4.79 Å². The lowest BCUT2D eigenvalue weighted by Gasteiger charge is -2.46. The quantitative estimate of drug-likeness (QED) is 0.328. The Balaban J connectivity index is 1.35. The summed E-state index contributed by atoms with van der Waals surface area (Å²) < 4.78 is 17.2. The van der Waals surface area contributed by atoms with Crippen LogP contribution in [0.2, 0.25) is 0 Å². The number of pyridine rings is 1. The van der Waals surface area contributed by atoms with Gasteiger partial charge in [-0.1, -0.05) is 26.0 Å². The first-order valence-corrected chi connectivity index (χ1v) is 14.4. The number of hydrogen-bond acceptors (Lipinski definition) is 5. The van der Waals surface area contributed by atoms with E-state index in [1.165, 1.54) is 18.9 Å². The third-order valence-corrected chi connectivity index (χ3v) is 9.30. The van der Waals surface area contributed by atoms with Gasteiger partial charge in [-0.05, 0) is 79.0 Å². The predicted molar refractivity (Wildman–Crippen MR) is 153 cm³/mol. The fourth-order valence-electron chi connectivity index (χ4n) is 7.56. The van der Waals surface area contributed by atoms with Crippen molar-refractivity contribution in [1.82, 2.24) is 24.6 Å². The molecule has 1 atom stereocenters. The lowest BCUT2D eigenvalue weighted by atomic mass is 9.59. The number of rotatable bonds is 5. The largest absolute Gasteiger partial charge is 0.320 e. The minimum Gasteiger partial charge on any atom is -0.320 e. The van der Waals surface area contributed by atoms with E-state index in [1.54, 1.807) is 23.5 Å². The highest BCUT2D eigenvalue weighted by atomic mass is 19.1. The van der Waals surface area contributed by atoms with Crippen molar-refractivity contribution < 1.29 is 9.18 Å². The van der Waals surface area contributed by atoms with Gasteiger partial charge in [0.25, 0.3) is 0 Å². The molecule has 1 saturated heterocycles. The summed E-state index contributed by atoms with van der Waals surface area (Å²) in [4.78, 5) is 22.7. The van der Waals surface area contributed by atoms with Crippen molar-refractivity contribution in [1.29, 1.82) is 0 Å². The van der Waals surface area contributed by atoms with Gasteiger partial charge in [0.05, 0.1) is 29.4 Å². The second kappa shape index (κ2) is 9.47. The zero-order valence-electron chi connectivity index (χ0n) is 23.4. The Kier molecular flexibility index (Phi) is 6.00. The zero-order valence-corrected chi connectivity index (χ0v) is 23.4. The van der Waals surface area contributed by atoms with Gasteiger partial charge in [-0.25, -0.2) is 4.39 Å². The van der Waals surface area contributed by atoms with Gasteiger partial charge in [0.1, 0.15) is 18.0 Å². The summed E-state index contributed by atoms with van der Waals surface area (Å²) in [5, 5.41) is 9.96. The van der Waals surface area contributed by atoms with E-state index in [0.717, 1.165) is 71.8 Å². The molecule has 7 nitrogen and oxygen atoms in total. The first kappa shape index (κ1) is 25.3. The average Bonchev–Trinajstić information content (AvgIpc) is 3.50. The number of amides is 1. The maximum absolute atomic E-state index is 15.3. The highest BCUT2D eigenvalue weighted by Gasteiger charge is 2.48. The second-order valence-corrected chi connectivity index (χ2v) is 12.4. The Morgan fingerprint density at radius 1 is 1.10 bits per heavy atom. The van der Waals surface area contributed by atoms with Crippen LogP contribution in [0, 0.1) is 17.7 Å². The van der Waals surface area contributed by atoms with Crippen molar-refractivity contribution in [2.24, 2.45) is 18.9 Å². The number of aromatic nitrogens is 4. The van der Waals surface area contributed by atoms with Crippen molar-refractivity contribution in [2.75, 3.05) is 18.0 Å². The molecule has 40 heavy (non-hydrogen) atoms. The maximum Gasteiger partial charge on any atom is 0.236 e. The Hall–Kier alpha value is -3.65. The number of carbonyl (C=O) groups excluding carboxylic acids is 1. The number of hydrogen-bond donors (Lipinski definition) is 0. The monoisotopic (exact) mass is 538 g/mol. The molecule has 2 aliphatic heterocycles. The Bertz CT molecular complexity index is 1620. The highest BCUT2D eigenvalue weighted by Crippen LogP contribution is 2.52. The molecule has 8 heteroatoms. The normalized spacial score (nSPS) is 24.9. The number of nitrogens with zero attached hydrogens (tertiary/aromatic N) is 6. The average molecular weight is 539 g/mol. The number of halogens is 1. The molecule has 0 bridgehead atoms. The Morgan fingerprint density at radius 3 is 2.70 bits per heavy atom. The summed E-state index contributed by atoms with van der Waals surface area (Å²) in [6.45, 7) is 7.32. The highest BCUT2D eigenvalue weighted by molar-refractivity contribution is 6.15. The molecule has 2 aromatic heterocycles. The molecule has 0 spiro atoms. The summed E-state index contributed by atoms with van der Waals surface area (Å²) in [5.74, 6) is 1.85. The number of likely N-dealkylation sites (tertiary alicyclic amines) is 1. The fraction of sp³-hybridized carbons (Fsp3) is 0.438. The van der Waals surface area contributed by atoms with E-state index in [0.29, 0.717) is 23.6 Å². The SMILES string of the molecule is CC1CC(c2cncc(N3C(=O)Cc4c(CN5CCC[C@H](C)C5)cc5c(F)cccc5c43)c2)(c2nncn2C)C1. The van der Waals surface area contributed by atoms with E-state index in [2.05, 4.69) is 40.0 Å². The van der Waals surface area contributed by atoms with Crippen LogP contribution in [-0.4, -0.2) is 43.6 Å². The molecule has 2 aromatic carbocycles. The van der Waals surface area contributed by atoms with Crippen LogP contribution in [0.5, 0.6) is 0 Å². The minimum absolute atomic E-state index is 0.00587. The summed E-state index contributed by atoms with van der Waals surface area (Å²) in [6, 6.07) is 9.24. The predicted octanol–water partition coefficient (Wildman–Crippen LogP) is 5.67. The fourth-order valence-corrected chi connectivity index (χ4v) is 7.56. The van der Waals surface area contributed by atoms with Crippen LogP contribution in [-0.2, 0) is 30.2 Å². The molecule has 1 amide bonds. The first-order chi connectivity index (χ1) is 19.3. The standard InChI is InChI=1S/C32H35FN6O/c1-20-6-5-9-38(17-20)18-22-10-27-25(7-4-8-28(27)33)30-26(22)12-29(40)39(30)24-11-23(15-34-16-24)32(13-21(2)14-32)31-36-35-19-37(31)3/h4,7-8,10-11,15-16,19-21H,5-6,9,12-14,17-18H2,1-3H3/t20-,21?,32?/m0/s1. The van der Waals surface area contributed by atoms with Crippen molar-refractivity contribution >= 4 is 28.1 Å². The summed E-state index contributed by atoms with van der Waals surface area (Å²) in [6.07, 6.45) is 10.00. The van der Waals surface area contributed by atoms with Gasteiger partial charge in [-0.15, -0.1) is 10.2 Å². The van der Waals surface area contributed by atoms with Crippen molar-refractivity contribution in [2.45, 2.75) is 57.9 Å². The van der Waals surface area contributed by atoms with Crippen LogP contribution in [0.1, 0.15) is 62.0 Å². The van der Waals surface area contributed by atoms with Crippen LogP contribution >= 0.6 is 0 Å². The molecular formula is C32H35FN6O. The third-order valence-electron chi connectivity index (χ3n) is 9.30. The number of fused-ring (bicyclic) bond motifs is 3. The molecule has 4 aromatic rings. The summed E-state index contributed by atoms with van der Waals surface area (Å²) >= 11 is 0. The molecule has 0 N–H and O–H groups in total. The number of piperidine rings is 1. The van der Waals surface area contributed by atoms with E-state index >= 15 is 4.39 Å². The van der Waals surface area contributed by atoms with Gasteiger partial charge in [-0.2, -0.15) is 0 Å². The van der Waals surface area contributed by atoms with Crippen molar-refractivity contribution in [3.8, 4) is 0 Å². The second-order valence-electron chi connectivity index (χ2n) is 12.4. The molecule has 3 aliphatic rings. The summed E-state index contributed by atoms with van der Waals surface area (Å²) in [7, 11) is 1.98. The summed E-state index contributed by atoms with van der Waals surface area (Å²) in [5.41, 5.74) is 4.32. The molecule has 4 heterocycles. The number of benzene rings is 2. The lowest BCUT2D eigenvalue weighted by Crippen LogP contribution is -2.43. The van der Waals surface area contributed by atoms with Gasteiger partial charge in [0.2, 0.25) is 5.91 Å². The Morgan fingerprint density at radius 2 is 1.95 bits per heavy atom. The first-order valence-electron chi connectivity index (χ1n) is 14.4. The minimum atomic E-state index is -0.291. The topological polar surface area (TPSA) is 67.2 Å². The van der Waals surface area contributed by atoms with E-state index in [4.69, 9.17) is 0 Å². The molecule has 7 rings (SSSR count). The van der Waals surface area contributed by atoms with Gasteiger partial charge in [-0.3, -0.25) is 19.6 Å². The van der Waals surface area contributed by atoms with Crippen molar-refractivity contribution in [3.63, 3.8) is 0 Å². The number of anilines is 2.